The van der Waals surface area contributed by atoms with Crippen molar-refractivity contribution in [3.8, 4) is 0 Å². The van der Waals surface area contributed by atoms with E-state index >= 15 is 0 Å². The van der Waals surface area contributed by atoms with E-state index in [1.54, 1.807) is 11.0 Å². The number of rotatable bonds is 15. The monoisotopic (exact) mass is 678 g/mol. The van der Waals surface area contributed by atoms with Crippen LogP contribution < -0.4 is 10.6 Å². The number of allylic oxidation sites excluding steroid dienone is 1. The fourth-order valence-corrected chi connectivity index (χ4v) is 8.82. The molecule has 3 fully saturated rings. The van der Waals surface area contributed by atoms with Crippen LogP contribution in [0.5, 0.6) is 0 Å². The van der Waals surface area contributed by atoms with E-state index in [1.165, 1.54) is 4.31 Å². The lowest BCUT2D eigenvalue weighted by Crippen LogP contribution is -2.61. The molecule has 11 nitrogen and oxygen atoms in total. The molecule has 0 aromatic heterocycles. The molecule has 47 heavy (non-hydrogen) atoms. The minimum atomic E-state index is -3.38. The van der Waals surface area contributed by atoms with Gasteiger partial charge >= 0.3 is 6.03 Å². The number of fused-ring (bicyclic) bond motifs is 1. The molecule has 0 radical (unpaired) electrons. The van der Waals surface area contributed by atoms with Crippen molar-refractivity contribution >= 4 is 39.3 Å². The minimum Gasteiger partial charge on any atom is -0.334 e. The lowest BCUT2D eigenvalue weighted by atomic mass is 9.83. The van der Waals surface area contributed by atoms with Gasteiger partial charge in [-0.25, -0.2) is 13.2 Å². The Morgan fingerprint density at radius 3 is 2.17 bits per heavy atom. The molecule has 2 N–H and O–H groups in total. The third-order valence-corrected chi connectivity index (χ3v) is 12.4. The number of urea groups is 1. The van der Waals surface area contributed by atoms with Gasteiger partial charge in [0.15, 0.2) is 11.6 Å². The van der Waals surface area contributed by atoms with Gasteiger partial charge in [-0.05, 0) is 47.3 Å². The van der Waals surface area contributed by atoms with Crippen molar-refractivity contribution in [2.45, 2.75) is 119 Å². The summed E-state index contributed by atoms with van der Waals surface area (Å²) in [6.45, 7) is 21.9. The van der Waals surface area contributed by atoms with Crippen LogP contribution in [-0.4, -0.2) is 90.4 Å². The molecule has 12 heteroatoms. The number of hydrogen-bond acceptors (Lipinski definition) is 7. The van der Waals surface area contributed by atoms with Crippen molar-refractivity contribution in [3.63, 3.8) is 0 Å². The summed E-state index contributed by atoms with van der Waals surface area (Å²) in [6.07, 6.45) is 3.51. The zero-order chi connectivity index (χ0) is 35.7. The molecule has 2 saturated heterocycles. The zero-order valence-corrected chi connectivity index (χ0v) is 30.8. The molecule has 0 aromatic carbocycles. The van der Waals surface area contributed by atoms with Crippen molar-refractivity contribution in [2.75, 3.05) is 25.4 Å². The highest BCUT2D eigenvalue weighted by atomic mass is 32.2. The normalized spacial score (nSPS) is 25.3. The summed E-state index contributed by atoms with van der Waals surface area (Å²) in [5, 5.41) is 5.82. The molecule has 0 aromatic rings. The molecule has 2 heterocycles. The second-order valence-corrected chi connectivity index (χ2v) is 18.6. The lowest BCUT2D eigenvalue weighted by molar-refractivity contribution is -0.144. The van der Waals surface area contributed by atoms with Gasteiger partial charge in [0.2, 0.25) is 21.7 Å². The predicted molar refractivity (Wildman–Crippen MR) is 182 cm³/mol. The molecule has 1 aliphatic carbocycles. The lowest BCUT2D eigenvalue weighted by Gasteiger charge is -2.39. The second kappa shape index (κ2) is 14.5. The van der Waals surface area contributed by atoms with Crippen molar-refractivity contribution in [2.24, 2.45) is 34.0 Å². The van der Waals surface area contributed by atoms with E-state index in [1.807, 2.05) is 48.5 Å². The molecule has 2 aliphatic heterocycles. The number of piperidine rings is 1. The SMILES string of the molecule is C=CCCC(=O)C(=O)C(CCC)CC(=O)[C@@H]1[C@@H]2[C@H](CN1C(=O)[C@@H](NC(=O)N[C@H](CN1CCCS1(=O)=O)C(C)(C)C)C(C)(C)C)C2(C)C. The van der Waals surface area contributed by atoms with Crippen molar-refractivity contribution in [1.29, 1.82) is 0 Å². The summed E-state index contributed by atoms with van der Waals surface area (Å²) in [5.41, 5.74) is -1.35. The molecule has 3 amide bonds. The molecule has 1 unspecified atom stereocenters. The van der Waals surface area contributed by atoms with Gasteiger partial charge in [0.05, 0.1) is 11.8 Å². The average Bonchev–Trinajstić information content (AvgIpc) is 3.25. The first-order valence-electron chi connectivity index (χ1n) is 17.1. The van der Waals surface area contributed by atoms with E-state index in [0.717, 1.165) is 0 Å². The highest BCUT2D eigenvalue weighted by Gasteiger charge is 2.69. The van der Waals surface area contributed by atoms with Crippen LogP contribution >= 0.6 is 0 Å². The third-order valence-electron chi connectivity index (χ3n) is 10.5. The summed E-state index contributed by atoms with van der Waals surface area (Å²) in [5.74, 6) is -2.25. The van der Waals surface area contributed by atoms with Crippen LogP contribution in [0.3, 0.4) is 0 Å². The number of ketones is 3. The molecule has 3 aliphatic rings. The van der Waals surface area contributed by atoms with E-state index in [0.29, 0.717) is 38.8 Å². The Bertz CT molecular complexity index is 1340. The Kier molecular flexibility index (Phi) is 12.0. The van der Waals surface area contributed by atoms with E-state index in [-0.39, 0.29) is 54.1 Å². The first kappa shape index (κ1) is 38.8. The quantitative estimate of drug-likeness (QED) is 0.196. The number of nitrogens with zero attached hydrogens (tertiary/aromatic N) is 2. The van der Waals surface area contributed by atoms with E-state index in [2.05, 4.69) is 31.1 Å². The molecular formula is C35H58N4O7S. The topological polar surface area (TPSA) is 150 Å². The Morgan fingerprint density at radius 2 is 1.66 bits per heavy atom. The summed E-state index contributed by atoms with van der Waals surface area (Å²) in [4.78, 5) is 69.2. The van der Waals surface area contributed by atoms with Gasteiger partial charge < -0.3 is 15.5 Å². The van der Waals surface area contributed by atoms with Crippen molar-refractivity contribution in [1.82, 2.24) is 19.8 Å². The summed E-state index contributed by atoms with van der Waals surface area (Å²) in [7, 11) is -3.38. The van der Waals surface area contributed by atoms with E-state index in [9.17, 15) is 32.4 Å². The van der Waals surface area contributed by atoms with Gasteiger partial charge in [-0.2, -0.15) is 4.31 Å². The maximum Gasteiger partial charge on any atom is 0.315 e. The van der Waals surface area contributed by atoms with Crippen LogP contribution in [0.1, 0.15) is 101 Å². The van der Waals surface area contributed by atoms with Gasteiger partial charge in [0.25, 0.3) is 0 Å². The van der Waals surface area contributed by atoms with Gasteiger partial charge in [-0.15, -0.1) is 6.58 Å². The number of sulfonamides is 1. The molecule has 266 valence electrons. The maximum atomic E-state index is 14.4. The number of Topliss-reactive ketones (excluding diaryl/α,β-unsaturated/α-hetero) is 3. The van der Waals surface area contributed by atoms with Gasteiger partial charge in [0, 0.05) is 44.4 Å². The van der Waals surface area contributed by atoms with E-state index < -0.39 is 62.5 Å². The minimum absolute atomic E-state index is 0.0629. The number of nitrogens with one attached hydrogen (secondary N) is 2. The fraction of sp³-hybridized carbons (Fsp3) is 0.800. The molecule has 3 rings (SSSR count). The van der Waals surface area contributed by atoms with Crippen LogP contribution in [0.2, 0.25) is 0 Å². The Morgan fingerprint density at radius 1 is 1.02 bits per heavy atom. The van der Waals surface area contributed by atoms with Crippen molar-refractivity contribution < 1.29 is 32.4 Å². The zero-order valence-electron chi connectivity index (χ0n) is 30.0. The Hall–Kier alpha value is -2.60. The summed E-state index contributed by atoms with van der Waals surface area (Å²) < 4.78 is 26.4. The number of hydrogen-bond donors (Lipinski definition) is 2. The molecule has 6 atom stereocenters. The van der Waals surface area contributed by atoms with Crippen LogP contribution in [0.4, 0.5) is 4.79 Å². The summed E-state index contributed by atoms with van der Waals surface area (Å²) >= 11 is 0. The number of carbonyl (C=O) groups excluding carboxylic acids is 5. The van der Waals surface area contributed by atoms with Crippen LogP contribution in [0.15, 0.2) is 12.7 Å². The van der Waals surface area contributed by atoms with Crippen molar-refractivity contribution in [3.05, 3.63) is 12.7 Å². The highest BCUT2D eigenvalue weighted by molar-refractivity contribution is 7.89. The fourth-order valence-electron chi connectivity index (χ4n) is 7.29. The Balaban J connectivity index is 1.82. The third kappa shape index (κ3) is 8.90. The number of amides is 3. The summed E-state index contributed by atoms with van der Waals surface area (Å²) in [6, 6.07) is -2.85. The standard InChI is InChI=1S/C35H58N4O7S/c1-11-13-16-24(40)29(42)22(15-12-2)19-25(41)28-27-23(35(27,9)10)20-39(28)31(43)30(34(6,7)8)37-32(44)36-26(33(3,4)5)21-38-17-14-18-47(38,45)46/h11,22-23,26-28,30H,1,12-21H2,2-10H3,(H2,36,37,44)/t22?,23-,26+,27-,28+,30+/m0/s1. The van der Waals surface area contributed by atoms with Crippen LogP contribution in [0.25, 0.3) is 0 Å². The number of likely N-dealkylation sites (tertiary alicyclic amines) is 1. The van der Waals surface area contributed by atoms with E-state index in [4.69, 9.17) is 0 Å². The maximum absolute atomic E-state index is 14.4. The smallest absolute Gasteiger partial charge is 0.315 e. The van der Waals surface area contributed by atoms with Gasteiger partial charge in [-0.3, -0.25) is 19.2 Å². The molecule has 1 saturated carbocycles. The van der Waals surface area contributed by atoms with Crippen LogP contribution in [-0.2, 0) is 29.2 Å². The second-order valence-electron chi connectivity index (χ2n) is 16.5. The van der Waals surface area contributed by atoms with Gasteiger partial charge in [-0.1, -0.05) is 74.8 Å². The average molecular weight is 679 g/mol. The van der Waals surface area contributed by atoms with Crippen LogP contribution in [0, 0.1) is 34.0 Å². The molecule has 0 spiro atoms. The first-order valence-corrected chi connectivity index (χ1v) is 18.7. The highest BCUT2D eigenvalue weighted by Crippen LogP contribution is 2.65. The largest absolute Gasteiger partial charge is 0.334 e. The first-order chi connectivity index (χ1) is 21.6. The molecule has 0 bridgehead atoms. The molecular weight excluding hydrogens is 620 g/mol. The van der Waals surface area contributed by atoms with Gasteiger partial charge in [0.1, 0.15) is 6.04 Å². The Labute approximate surface area is 282 Å². The predicted octanol–water partition coefficient (Wildman–Crippen LogP) is 4.11. The number of carbonyl (C=O) groups is 5.